The molecule has 0 aromatic carbocycles. The third-order valence-electron chi connectivity index (χ3n) is 3.98. The third kappa shape index (κ3) is 3.79. The molecule has 0 atom stereocenters. The van der Waals surface area contributed by atoms with Crippen LogP contribution in [0.25, 0.3) is 21.9 Å². The van der Waals surface area contributed by atoms with Gasteiger partial charge >= 0.3 is 0 Å². The van der Waals surface area contributed by atoms with E-state index in [4.69, 9.17) is 8.94 Å². The van der Waals surface area contributed by atoms with Crippen LogP contribution in [0.3, 0.4) is 0 Å². The number of furan rings is 1. The first kappa shape index (κ1) is 17.9. The Balaban J connectivity index is 1.64. The van der Waals surface area contributed by atoms with Crippen molar-refractivity contribution in [1.29, 1.82) is 0 Å². The molecule has 28 heavy (non-hydrogen) atoms. The summed E-state index contributed by atoms with van der Waals surface area (Å²) in [5, 5.41) is 12.9. The van der Waals surface area contributed by atoms with Gasteiger partial charge in [0.05, 0.1) is 28.9 Å². The number of nitrogens with zero attached hydrogens (tertiary/aromatic N) is 3. The normalized spacial score (nSPS) is 10.9. The van der Waals surface area contributed by atoms with Crippen LogP contribution >= 0.6 is 11.3 Å². The highest BCUT2D eigenvalue weighted by atomic mass is 32.1. The summed E-state index contributed by atoms with van der Waals surface area (Å²) < 4.78 is 11.6. The Morgan fingerprint density at radius 2 is 2.18 bits per heavy atom. The lowest BCUT2D eigenvalue weighted by atomic mass is 10.1. The number of hydrogen-bond acceptors (Lipinski definition) is 7. The van der Waals surface area contributed by atoms with E-state index in [1.54, 1.807) is 25.1 Å². The number of carbonyl (C=O) groups excluding carboxylic acids is 1. The van der Waals surface area contributed by atoms with Gasteiger partial charge in [0, 0.05) is 12.1 Å². The number of hydrogen-bond donors (Lipinski definition) is 1. The number of carbonyl (C=O) groups is 1. The standard InChI is InChI=1S/C19H16N4O4S/c1-12-8-15(27-22-12)14-9-18(25)23(21-19(14)16-5-3-7-28-16)11-17(24)20-10-13-4-2-6-26-13/h2-9H,10-11H2,1H3,(H,20,24). The molecule has 4 heterocycles. The summed E-state index contributed by atoms with van der Waals surface area (Å²) in [7, 11) is 0. The van der Waals surface area contributed by atoms with Gasteiger partial charge in [-0.15, -0.1) is 11.3 Å². The smallest absolute Gasteiger partial charge is 0.268 e. The van der Waals surface area contributed by atoms with Crippen LogP contribution in [0.4, 0.5) is 0 Å². The van der Waals surface area contributed by atoms with E-state index in [1.807, 2.05) is 17.5 Å². The molecule has 0 unspecified atom stereocenters. The van der Waals surface area contributed by atoms with E-state index < -0.39 is 5.56 Å². The lowest BCUT2D eigenvalue weighted by molar-refractivity contribution is -0.122. The Bertz CT molecular complexity index is 1140. The molecular weight excluding hydrogens is 380 g/mol. The van der Waals surface area contributed by atoms with Crippen molar-refractivity contribution >= 4 is 17.2 Å². The van der Waals surface area contributed by atoms with Gasteiger partial charge in [-0.05, 0) is 30.5 Å². The van der Waals surface area contributed by atoms with Crippen molar-refractivity contribution in [3.05, 3.63) is 69.8 Å². The molecule has 0 aliphatic rings. The summed E-state index contributed by atoms with van der Waals surface area (Å²) in [4.78, 5) is 25.6. The molecule has 0 bridgehead atoms. The number of aryl methyl sites for hydroxylation is 1. The first-order chi connectivity index (χ1) is 13.6. The van der Waals surface area contributed by atoms with Crippen molar-refractivity contribution in [2.24, 2.45) is 0 Å². The molecule has 0 fully saturated rings. The predicted molar refractivity (Wildman–Crippen MR) is 103 cm³/mol. The lowest BCUT2D eigenvalue weighted by Crippen LogP contribution is -2.33. The number of amides is 1. The van der Waals surface area contributed by atoms with Crippen LogP contribution in [0.2, 0.25) is 0 Å². The minimum atomic E-state index is -0.405. The first-order valence-electron chi connectivity index (χ1n) is 8.49. The van der Waals surface area contributed by atoms with Crippen molar-refractivity contribution in [2.45, 2.75) is 20.0 Å². The van der Waals surface area contributed by atoms with Crippen molar-refractivity contribution in [3.8, 4) is 21.9 Å². The molecule has 142 valence electrons. The van der Waals surface area contributed by atoms with Gasteiger partial charge in [-0.3, -0.25) is 9.59 Å². The lowest BCUT2D eigenvalue weighted by Gasteiger charge is -2.09. The van der Waals surface area contributed by atoms with Crippen molar-refractivity contribution in [1.82, 2.24) is 20.3 Å². The zero-order valence-electron chi connectivity index (χ0n) is 14.9. The monoisotopic (exact) mass is 396 g/mol. The SMILES string of the molecule is Cc1cc(-c2cc(=O)n(CC(=O)NCc3ccco3)nc2-c2cccs2)on1. The van der Waals surface area contributed by atoms with Crippen LogP contribution in [-0.4, -0.2) is 20.8 Å². The fourth-order valence-corrected chi connectivity index (χ4v) is 3.39. The minimum absolute atomic E-state index is 0.201. The maximum atomic E-state index is 12.6. The second-order valence-corrected chi connectivity index (χ2v) is 7.02. The molecule has 0 radical (unpaired) electrons. The number of rotatable bonds is 6. The second-order valence-electron chi connectivity index (χ2n) is 6.07. The molecule has 4 rings (SSSR count). The molecule has 4 aromatic heterocycles. The van der Waals surface area contributed by atoms with Crippen LogP contribution in [0.5, 0.6) is 0 Å². The minimum Gasteiger partial charge on any atom is -0.467 e. The molecule has 0 spiro atoms. The topological polar surface area (TPSA) is 103 Å². The number of aromatic nitrogens is 3. The van der Waals surface area contributed by atoms with Gasteiger partial charge in [-0.25, -0.2) is 4.68 Å². The van der Waals surface area contributed by atoms with Crippen LogP contribution in [0.1, 0.15) is 11.5 Å². The van der Waals surface area contributed by atoms with Gasteiger partial charge in [0.2, 0.25) is 5.91 Å². The van der Waals surface area contributed by atoms with Crippen molar-refractivity contribution in [2.75, 3.05) is 0 Å². The Kier molecular flexibility index (Phi) is 4.90. The van der Waals surface area contributed by atoms with Gasteiger partial charge in [-0.1, -0.05) is 11.2 Å². The van der Waals surface area contributed by atoms with Crippen molar-refractivity contribution in [3.63, 3.8) is 0 Å². The Morgan fingerprint density at radius 1 is 1.29 bits per heavy atom. The van der Waals surface area contributed by atoms with E-state index in [9.17, 15) is 9.59 Å². The molecule has 1 N–H and O–H groups in total. The van der Waals surface area contributed by atoms with Crippen LogP contribution in [0, 0.1) is 6.92 Å². The zero-order chi connectivity index (χ0) is 19.5. The highest BCUT2D eigenvalue weighted by Crippen LogP contribution is 2.32. The van der Waals surface area contributed by atoms with Crippen molar-refractivity contribution < 1.29 is 13.7 Å². The van der Waals surface area contributed by atoms with Gasteiger partial charge in [-0.2, -0.15) is 5.10 Å². The quantitative estimate of drug-likeness (QED) is 0.538. The molecule has 9 heteroatoms. The fraction of sp³-hybridized carbons (Fsp3) is 0.158. The summed E-state index contributed by atoms with van der Waals surface area (Å²) in [5.41, 5.74) is 1.40. The molecule has 8 nitrogen and oxygen atoms in total. The molecule has 0 aliphatic carbocycles. The average Bonchev–Trinajstić information content (AvgIpc) is 3.44. The van der Waals surface area contributed by atoms with Gasteiger partial charge in [0.1, 0.15) is 18.0 Å². The van der Waals surface area contributed by atoms with E-state index in [2.05, 4.69) is 15.6 Å². The van der Waals surface area contributed by atoms with Gasteiger partial charge in [0.15, 0.2) is 5.76 Å². The highest BCUT2D eigenvalue weighted by Gasteiger charge is 2.18. The van der Waals surface area contributed by atoms with Gasteiger partial charge < -0.3 is 14.3 Å². The third-order valence-corrected chi connectivity index (χ3v) is 4.86. The van der Waals surface area contributed by atoms with E-state index in [0.717, 1.165) is 9.56 Å². The van der Waals surface area contributed by atoms with Gasteiger partial charge in [0.25, 0.3) is 5.56 Å². The van der Waals surface area contributed by atoms with E-state index in [-0.39, 0.29) is 19.0 Å². The molecule has 0 saturated carbocycles. The highest BCUT2D eigenvalue weighted by molar-refractivity contribution is 7.13. The van der Waals surface area contributed by atoms with Crippen LogP contribution < -0.4 is 10.9 Å². The summed E-state index contributed by atoms with van der Waals surface area (Å²) in [6, 6.07) is 10.4. The second kappa shape index (κ2) is 7.65. The molecule has 0 saturated heterocycles. The van der Waals surface area contributed by atoms with E-state index in [1.165, 1.54) is 23.7 Å². The first-order valence-corrected chi connectivity index (χ1v) is 9.37. The van der Waals surface area contributed by atoms with Crippen LogP contribution in [-0.2, 0) is 17.9 Å². The summed E-state index contributed by atoms with van der Waals surface area (Å²) in [6.45, 7) is 1.84. The molecule has 1 amide bonds. The Morgan fingerprint density at radius 3 is 2.86 bits per heavy atom. The average molecular weight is 396 g/mol. The summed E-state index contributed by atoms with van der Waals surface area (Å²) in [5.74, 6) is 0.746. The van der Waals surface area contributed by atoms with Crippen LogP contribution in [0.15, 0.2) is 61.8 Å². The predicted octanol–water partition coefficient (Wildman–Crippen LogP) is 2.84. The maximum absolute atomic E-state index is 12.6. The van der Waals surface area contributed by atoms with E-state index >= 15 is 0 Å². The number of thiophene rings is 1. The molecular formula is C19H16N4O4S. The summed E-state index contributed by atoms with van der Waals surface area (Å²) in [6.07, 6.45) is 1.53. The largest absolute Gasteiger partial charge is 0.467 e. The number of nitrogens with one attached hydrogen (secondary N) is 1. The summed E-state index contributed by atoms with van der Waals surface area (Å²) >= 11 is 1.48. The fourth-order valence-electron chi connectivity index (χ4n) is 2.67. The molecule has 0 aliphatic heterocycles. The van der Waals surface area contributed by atoms with E-state index in [0.29, 0.717) is 28.5 Å². The Hall–Kier alpha value is -3.46. The Labute approximate surface area is 163 Å². The molecule has 4 aromatic rings. The zero-order valence-corrected chi connectivity index (χ0v) is 15.7. The maximum Gasteiger partial charge on any atom is 0.268 e.